The third-order valence-corrected chi connectivity index (χ3v) is 4.04. The fraction of sp³-hybridized carbons (Fsp3) is 0.600. The number of alkyl halides is 1. The molecule has 0 amide bonds. The van der Waals surface area contributed by atoms with E-state index in [1.165, 1.54) is 17.2 Å². The first kappa shape index (κ1) is 19.7. The molecular weight excluding hydrogens is 347 g/mol. The smallest absolute Gasteiger partial charge is 0.308 e. The molecule has 0 bridgehead atoms. The Morgan fingerprint density at radius 2 is 2.42 bits per heavy atom. The minimum atomic E-state index is -1.91. The van der Waals surface area contributed by atoms with Gasteiger partial charge in [-0.3, -0.25) is 4.79 Å². The first-order chi connectivity index (χ1) is 12.2. The van der Waals surface area contributed by atoms with E-state index in [2.05, 4.69) is 21.6 Å². The molecule has 1 saturated heterocycles. The normalized spacial score (nSPS) is 31.0. The van der Waals surface area contributed by atoms with Crippen molar-refractivity contribution in [2.24, 2.45) is 21.8 Å². The van der Waals surface area contributed by atoms with Crippen molar-refractivity contribution in [2.75, 3.05) is 13.2 Å². The average molecular weight is 368 g/mol. The summed E-state index contributed by atoms with van der Waals surface area (Å²) in [6.07, 6.45) is -2.08. The van der Waals surface area contributed by atoms with E-state index in [1.807, 2.05) is 0 Å². The minimum absolute atomic E-state index is 0.114. The second kappa shape index (κ2) is 7.73. The van der Waals surface area contributed by atoms with Gasteiger partial charge in [0.05, 0.1) is 12.5 Å². The van der Waals surface area contributed by atoms with Gasteiger partial charge in [0.25, 0.3) is 0 Å². The maximum atomic E-state index is 14.8. The van der Waals surface area contributed by atoms with Crippen LogP contribution in [0.25, 0.3) is 10.4 Å². The number of ether oxygens (including phenoxy) is 2. The van der Waals surface area contributed by atoms with Crippen molar-refractivity contribution in [3.05, 3.63) is 35.1 Å². The van der Waals surface area contributed by atoms with Crippen LogP contribution in [-0.2, 0) is 14.3 Å². The van der Waals surface area contributed by atoms with Gasteiger partial charge in [-0.25, -0.2) is 9.38 Å². The Kier molecular flexibility index (Phi) is 5.86. The SMILES string of the molecule is C=C1N=C(N)C=CN1[C@@H]1O[C@](CN=[N+]=[N-])(COC(=O)C(C)C)[C@@H](O)[C@H]1F. The standard InChI is InChI=1S/C15H21FN6O4/c1-8(2)14(24)25-7-15(6-19-21-18)12(23)11(16)13(26-15)22-5-4-10(17)20-9(22)3/h4-5,8,11-13,23H,3,6-7H2,1-2H3,(H2,17,20)/t11-,12+,13-,15-/m1/s1. The van der Waals surface area contributed by atoms with Crippen molar-refractivity contribution in [2.45, 2.75) is 38.0 Å². The summed E-state index contributed by atoms with van der Waals surface area (Å²) in [5.41, 5.74) is 12.4. The number of aliphatic imine (C=N–C) groups is 1. The molecule has 26 heavy (non-hydrogen) atoms. The molecule has 0 aromatic rings. The summed E-state index contributed by atoms with van der Waals surface area (Å²) < 4.78 is 25.6. The summed E-state index contributed by atoms with van der Waals surface area (Å²) in [4.78, 5) is 19.5. The zero-order valence-corrected chi connectivity index (χ0v) is 14.4. The number of hydrogen-bond acceptors (Lipinski definition) is 8. The zero-order valence-electron chi connectivity index (χ0n) is 14.4. The van der Waals surface area contributed by atoms with Gasteiger partial charge in [-0.1, -0.05) is 25.5 Å². The van der Waals surface area contributed by atoms with Crippen LogP contribution in [0.3, 0.4) is 0 Å². The molecule has 0 spiro atoms. The summed E-state index contributed by atoms with van der Waals surface area (Å²) in [5, 5.41) is 13.8. The van der Waals surface area contributed by atoms with Crippen molar-refractivity contribution in [1.29, 1.82) is 0 Å². The van der Waals surface area contributed by atoms with Crippen LogP contribution in [0.1, 0.15) is 13.8 Å². The summed E-state index contributed by atoms with van der Waals surface area (Å²) in [5.74, 6) is -0.682. The summed E-state index contributed by atoms with van der Waals surface area (Å²) in [6.45, 7) is 6.02. The average Bonchev–Trinajstić information content (AvgIpc) is 2.83. The molecule has 0 aromatic heterocycles. The number of carbonyl (C=O) groups is 1. The van der Waals surface area contributed by atoms with Crippen LogP contribution in [0.4, 0.5) is 4.39 Å². The Balaban J connectivity index is 2.25. The number of nitrogens with two attached hydrogens (primary N) is 1. The molecule has 1 fully saturated rings. The number of carbonyl (C=O) groups excluding carboxylic acids is 1. The fourth-order valence-corrected chi connectivity index (χ4v) is 2.56. The number of esters is 1. The van der Waals surface area contributed by atoms with Crippen LogP contribution in [0, 0.1) is 5.92 Å². The molecule has 4 atom stereocenters. The van der Waals surface area contributed by atoms with E-state index in [1.54, 1.807) is 13.8 Å². The highest BCUT2D eigenvalue weighted by Crippen LogP contribution is 2.37. The van der Waals surface area contributed by atoms with Gasteiger partial charge in [0.2, 0.25) is 0 Å². The van der Waals surface area contributed by atoms with E-state index in [-0.39, 0.29) is 11.7 Å². The topological polar surface area (TPSA) is 146 Å². The molecule has 11 heteroatoms. The summed E-state index contributed by atoms with van der Waals surface area (Å²) >= 11 is 0. The molecule has 3 N–H and O–H groups in total. The number of aliphatic hydroxyl groups is 1. The number of hydrogen-bond donors (Lipinski definition) is 2. The molecule has 2 rings (SSSR count). The van der Waals surface area contributed by atoms with E-state index in [4.69, 9.17) is 20.7 Å². The maximum absolute atomic E-state index is 14.8. The lowest BCUT2D eigenvalue weighted by Crippen LogP contribution is -2.49. The van der Waals surface area contributed by atoms with Gasteiger partial charge in [0.1, 0.15) is 30.0 Å². The van der Waals surface area contributed by atoms with E-state index in [0.717, 1.165) is 0 Å². The number of amidine groups is 1. The number of aliphatic hydroxyl groups excluding tert-OH is 1. The second-order valence-electron chi connectivity index (χ2n) is 6.29. The minimum Gasteiger partial charge on any atom is -0.462 e. The molecule has 0 unspecified atom stereocenters. The largest absolute Gasteiger partial charge is 0.462 e. The Morgan fingerprint density at radius 3 is 3.00 bits per heavy atom. The highest BCUT2D eigenvalue weighted by atomic mass is 19.1. The van der Waals surface area contributed by atoms with Gasteiger partial charge in [-0.05, 0) is 11.6 Å². The van der Waals surface area contributed by atoms with Crippen LogP contribution >= 0.6 is 0 Å². The van der Waals surface area contributed by atoms with Crippen LogP contribution in [-0.4, -0.2) is 59.1 Å². The first-order valence-corrected chi connectivity index (χ1v) is 7.89. The van der Waals surface area contributed by atoms with Crippen LogP contribution < -0.4 is 5.73 Å². The van der Waals surface area contributed by atoms with E-state index >= 15 is 0 Å². The third kappa shape index (κ3) is 3.79. The lowest BCUT2D eigenvalue weighted by Gasteiger charge is -2.32. The second-order valence-corrected chi connectivity index (χ2v) is 6.29. The van der Waals surface area contributed by atoms with E-state index in [9.17, 15) is 14.3 Å². The van der Waals surface area contributed by atoms with Gasteiger partial charge in [-0.2, -0.15) is 0 Å². The third-order valence-electron chi connectivity index (χ3n) is 4.04. The van der Waals surface area contributed by atoms with Gasteiger partial charge < -0.3 is 25.2 Å². The van der Waals surface area contributed by atoms with Crippen LogP contribution in [0.15, 0.2) is 34.8 Å². The number of halogens is 1. The molecule has 2 aliphatic rings. The van der Waals surface area contributed by atoms with Gasteiger partial charge >= 0.3 is 5.97 Å². The van der Waals surface area contributed by atoms with Crippen molar-refractivity contribution in [1.82, 2.24) is 4.90 Å². The summed E-state index contributed by atoms with van der Waals surface area (Å²) in [7, 11) is 0. The molecule has 2 heterocycles. The van der Waals surface area contributed by atoms with Gasteiger partial charge in [0, 0.05) is 11.1 Å². The van der Waals surface area contributed by atoms with Crippen LogP contribution in [0.2, 0.25) is 0 Å². The number of azide groups is 1. The van der Waals surface area contributed by atoms with Gasteiger partial charge in [0.15, 0.2) is 12.4 Å². The molecule has 0 saturated carbocycles. The molecule has 10 nitrogen and oxygen atoms in total. The predicted molar refractivity (Wildman–Crippen MR) is 90.1 cm³/mol. The Labute approximate surface area is 149 Å². The predicted octanol–water partition coefficient (Wildman–Crippen LogP) is 0.948. The molecule has 2 aliphatic heterocycles. The lowest BCUT2D eigenvalue weighted by atomic mass is 9.96. The molecular formula is C15H21FN6O4. The number of rotatable bonds is 6. The monoisotopic (exact) mass is 368 g/mol. The van der Waals surface area contributed by atoms with E-state index < -0.39 is 49.1 Å². The molecule has 0 radical (unpaired) electrons. The van der Waals surface area contributed by atoms with Crippen molar-refractivity contribution >= 4 is 11.8 Å². The zero-order chi connectivity index (χ0) is 19.5. The van der Waals surface area contributed by atoms with Crippen LogP contribution in [0.5, 0.6) is 0 Å². The lowest BCUT2D eigenvalue weighted by molar-refractivity contribution is -0.168. The molecule has 142 valence electrons. The Morgan fingerprint density at radius 1 is 1.73 bits per heavy atom. The highest BCUT2D eigenvalue weighted by Gasteiger charge is 2.57. The molecule has 0 aromatic carbocycles. The quantitative estimate of drug-likeness (QED) is 0.309. The fourth-order valence-electron chi connectivity index (χ4n) is 2.56. The van der Waals surface area contributed by atoms with Crippen molar-refractivity contribution < 1.29 is 23.8 Å². The van der Waals surface area contributed by atoms with Crippen molar-refractivity contribution in [3.63, 3.8) is 0 Å². The first-order valence-electron chi connectivity index (χ1n) is 7.89. The summed E-state index contributed by atoms with van der Waals surface area (Å²) in [6, 6.07) is 0. The van der Waals surface area contributed by atoms with Crippen molar-refractivity contribution in [3.8, 4) is 0 Å². The molecule has 0 aliphatic carbocycles. The Hall–Kier alpha value is -2.62. The Bertz CT molecular complexity index is 690. The van der Waals surface area contributed by atoms with Gasteiger partial charge in [-0.15, -0.1) is 0 Å². The number of nitrogens with zero attached hydrogens (tertiary/aromatic N) is 5. The maximum Gasteiger partial charge on any atom is 0.308 e. The van der Waals surface area contributed by atoms with E-state index in [0.29, 0.717) is 0 Å². The highest BCUT2D eigenvalue weighted by molar-refractivity contribution is 5.92.